The van der Waals surface area contributed by atoms with Crippen molar-refractivity contribution in [3.8, 4) is 11.8 Å². The maximum atomic E-state index is 12.7. The minimum Gasteiger partial charge on any atom is -0.496 e. The predicted octanol–water partition coefficient (Wildman–Crippen LogP) is 3.91. The highest BCUT2D eigenvalue weighted by Crippen LogP contribution is 2.30. The number of allylic oxidation sites excluding steroid dienone is 1. The van der Waals surface area contributed by atoms with Gasteiger partial charge >= 0.3 is 0 Å². The lowest BCUT2D eigenvalue weighted by molar-refractivity contribution is 0.0944. The van der Waals surface area contributed by atoms with Gasteiger partial charge in [0.2, 0.25) is 0 Å². The van der Waals surface area contributed by atoms with Gasteiger partial charge in [-0.1, -0.05) is 30.3 Å². The van der Waals surface area contributed by atoms with Crippen LogP contribution in [0.1, 0.15) is 21.7 Å². The van der Waals surface area contributed by atoms with Gasteiger partial charge in [-0.05, 0) is 42.8 Å². The van der Waals surface area contributed by atoms with Crippen molar-refractivity contribution < 1.29 is 9.53 Å². The fourth-order valence-electron chi connectivity index (χ4n) is 2.84. The van der Waals surface area contributed by atoms with Gasteiger partial charge in [0.15, 0.2) is 0 Å². The Kier molecular flexibility index (Phi) is 4.36. The molecule has 0 saturated carbocycles. The molecule has 3 rings (SSSR count). The number of aryl methyl sites for hydroxylation is 2. The fraction of sp³-hybridized carbons (Fsp3) is 0.150. The van der Waals surface area contributed by atoms with Gasteiger partial charge in [-0.3, -0.25) is 4.79 Å². The monoisotopic (exact) mass is 331 g/mol. The zero-order chi connectivity index (χ0) is 18.0. The van der Waals surface area contributed by atoms with Gasteiger partial charge in [-0.25, -0.2) is 4.68 Å². The summed E-state index contributed by atoms with van der Waals surface area (Å²) >= 11 is 0. The summed E-state index contributed by atoms with van der Waals surface area (Å²) in [4.78, 5) is 12.7. The number of carbonyl (C=O) groups excluding carboxylic acids is 1. The van der Waals surface area contributed by atoms with Crippen LogP contribution in [0.15, 0.2) is 48.0 Å². The number of nitrogens with zero attached hydrogens (tertiary/aromatic N) is 3. The molecule has 0 atom stereocenters. The molecule has 5 nitrogen and oxygen atoms in total. The summed E-state index contributed by atoms with van der Waals surface area (Å²) in [6.07, 6.45) is 1.57. The zero-order valence-electron chi connectivity index (χ0n) is 14.3. The van der Waals surface area contributed by atoms with Crippen molar-refractivity contribution in [2.45, 2.75) is 13.8 Å². The Bertz CT molecular complexity index is 1040. The molecule has 0 aliphatic rings. The normalized spacial score (nSPS) is 11.4. The summed E-state index contributed by atoms with van der Waals surface area (Å²) in [7, 11) is 1.57. The summed E-state index contributed by atoms with van der Waals surface area (Å²) in [6.45, 7) is 3.59. The first kappa shape index (κ1) is 16.5. The fourth-order valence-corrected chi connectivity index (χ4v) is 2.84. The van der Waals surface area contributed by atoms with Crippen LogP contribution in [0.4, 0.5) is 0 Å². The molecule has 5 heteroatoms. The van der Waals surface area contributed by atoms with Crippen molar-refractivity contribution in [1.29, 1.82) is 5.26 Å². The van der Waals surface area contributed by atoms with Crippen LogP contribution < -0.4 is 4.74 Å². The smallest absolute Gasteiger partial charge is 0.289 e. The number of carbonyl (C=O) groups is 1. The molecule has 0 amide bonds. The highest BCUT2D eigenvalue weighted by molar-refractivity contribution is 6.06. The van der Waals surface area contributed by atoms with E-state index in [0.29, 0.717) is 17.0 Å². The number of hydrogen-bond acceptors (Lipinski definition) is 4. The summed E-state index contributed by atoms with van der Waals surface area (Å²) in [6, 6.07) is 15.3. The molecule has 1 heterocycles. The van der Waals surface area contributed by atoms with E-state index in [4.69, 9.17) is 4.74 Å². The molecule has 1 aromatic heterocycles. The molecule has 0 radical (unpaired) electrons. The van der Waals surface area contributed by atoms with Crippen LogP contribution in [0.25, 0.3) is 16.8 Å². The first-order valence-corrected chi connectivity index (χ1v) is 7.80. The lowest BCUT2D eigenvalue weighted by Crippen LogP contribution is -2.15. The summed E-state index contributed by atoms with van der Waals surface area (Å²) in [5.74, 6) is 0.149. The van der Waals surface area contributed by atoms with E-state index in [0.717, 1.165) is 16.5 Å². The topological polar surface area (TPSA) is 67.9 Å². The van der Waals surface area contributed by atoms with Crippen LogP contribution in [0.5, 0.6) is 5.75 Å². The zero-order valence-corrected chi connectivity index (χ0v) is 14.3. The molecule has 0 aliphatic carbocycles. The summed E-state index contributed by atoms with van der Waals surface area (Å²) < 4.78 is 6.68. The number of ether oxygens (including phenoxy) is 1. The number of rotatable bonds is 3. The Morgan fingerprint density at radius 1 is 1.24 bits per heavy atom. The number of fused-ring (bicyclic) bond motifs is 1. The van der Waals surface area contributed by atoms with E-state index < -0.39 is 5.91 Å². The number of methoxy groups -OCH3 is 1. The van der Waals surface area contributed by atoms with Gasteiger partial charge in [0.25, 0.3) is 5.91 Å². The third-order valence-corrected chi connectivity index (χ3v) is 3.99. The Hall–Kier alpha value is -3.39. The van der Waals surface area contributed by atoms with E-state index in [9.17, 15) is 10.1 Å². The Labute approximate surface area is 145 Å². The number of hydrogen-bond donors (Lipinski definition) is 0. The summed E-state index contributed by atoms with van der Waals surface area (Å²) in [5, 5.41) is 15.6. The maximum Gasteiger partial charge on any atom is 0.289 e. The molecule has 0 bridgehead atoms. The largest absolute Gasteiger partial charge is 0.496 e. The Morgan fingerprint density at radius 2 is 2.00 bits per heavy atom. The first-order chi connectivity index (χ1) is 12.0. The Balaban J connectivity index is 2.18. The second-order valence-electron chi connectivity index (χ2n) is 5.72. The van der Waals surface area contributed by atoms with Crippen molar-refractivity contribution in [3.05, 3.63) is 65.0 Å². The van der Waals surface area contributed by atoms with Gasteiger partial charge in [0.05, 0.1) is 12.8 Å². The molecule has 2 aromatic carbocycles. The molecule has 0 N–H and O–H groups in total. The van der Waals surface area contributed by atoms with Crippen molar-refractivity contribution in [2.75, 3.05) is 7.11 Å². The van der Waals surface area contributed by atoms with Gasteiger partial charge in [0.1, 0.15) is 17.4 Å². The van der Waals surface area contributed by atoms with E-state index in [-0.39, 0.29) is 5.57 Å². The quantitative estimate of drug-likeness (QED) is 0.539. The second-order valence-corrected chi connectivity index (χ2v) is 5.72. The van der Waals surface area contributed by atoms with Gasteiger partial charge in [-0.15, -0.1) is 0 Å². The molecular formula is C20H17N3O2. The standard InChI is InChI=1S/C20H17N3O2/c1-13-10-14(2)23(22-13)20(24)16(12-21)11-18-17-7-5-4-6-15(17)8-9-19(18)25-3/h4-11H,1-3H3/b16-11+. The highest BCUT2D eigenvalue weighted by Gasteiger charge is 2.17. The molecule has 124 valence electrons. The average Bonchev–Trinajstić information content (AvgIpc) is 2.97. The van der Waals surface area contributed by atoms with Crippen molar-refractivity contribution in [2.24, 2.45) is 0 Å². The van der Waals surface area contributed by atoms with E-state index in [2.05, 4.69) is 5.10 Å². The first-order valence-electron chi connectivity index (χ1n) is 7.80. The minimum absolute atomic E-state index is 0.000790. The number of benzene rings is 2. The number of aromatic nitrogens is 2. The van der Waals surface area contributed by atoms with Crippen molar-refractivity contribution in [3.63, 3.8) is 0 Å². The van der Waals surface area contributed by atoms with Crippen LogP contribution >= 0.6 is 0 Å². The lowest BCUT2D eigenvalue weighted by atomic mass is 10.0. The van der Waals surface area contributed by atoms with Crippen molar-refractivity contribution >= 4 is 22.8 Å². The van der Waals surface area contributed by atoms with E-state index in [1.165, 1.54) is 4.68 Å². The molecule has 3 aromatic rings. The van der Waals surface area contributed by atoms with Crippen LogP contribution in [-0.4, -0.2) is 22.8 Å². The second kappa shape index (κ2) is 6.62. The molecular weight excluding hydrogens is 314 g/mol. The summed E-state index contributed by atoms with van der Waals surface area (Å²) in [5.41, 5.74) is 2.12. The molecule has 0 saturated heterocycles. The highest BCUT2D eigenvalue weighted by atomic mass is 16.5. The van der Waals surface area contributed by atoms with E-state index in [1.807, 2.05) is 42.5 Å². The third kappa shape index (κ3) is 3.02. The molecule has 0 unspecified atom stereocenters. The predicted molar refractivity (Wildman–Crippen MR) is 96.4 cm³/mol. The van der Waals surface area contributed by atoms with E-state index >= 15 is 0 Å². The average molecular weight is 331 g/mol. The Morgan fingerprint density at radius 3 is 2.64 bits per heavy atom. The van der Waals surface area contributed by atoms with Gasteiger partial charge < -0.3 is 4.74 Å². The maximum absolute atomic E-state index is 12.7. The van der Waals surface area contributed by atoms with Gasteiger partial charge in [0, 0.05) is 11.3 Å². The van der Waals surface area contributed by atoms with Crippen LogP contribution in [0, 0.1) is 25.2 Å². The van der Waals surface area contributed by atoms with Crippen LogP contribution in [-0.2, 0) is 0 Å². The molecule has 25 heavy (non-hydrogen) atoms. The SMILES string of the molecule is COc1ccc2ccccc2c1/C=C(\C#N)C(=O)n1nc(C)cc1C. The van der Waals surface area contributed by atoms with Crippen molar-refractivity contribution in [1.82, 2.24) is 9.78 Å². The third-order valence-electron chi connectivity index (χ3n) is 3.99. The minimum atomic E-state index is -0.455. The van der Waals surface area contributed by atoms with E-state index in [1.54, 1.807) is 33.1 Å². The van der Waals surface area contributed by atoms with Crippen LogP contribution in [0.2, 0.25) is 0 Å². The molecule has 0 aliphatic heterocycles. The van der Waals surface area contributed by atoms with Crippen LogP contribution in [0.3, 0.4) is 0 Å². The lowest BCUT2D eigenvalue weighted by Gasteiger charge is -2.09. The molecule has 0 spiro atoms. The molecule has 0 fully saturated rings. The van der Waals surface area contributed by atoms with Gasteiger partial charge in [-0.2, -0.15) is 10.4 Å². The number of nitriles is 1.